The third-order valence-electron chi connectivity index (χ3n) is 5.04. The summed E-state index contributed by atoms with van der Waals surface area (Å²) in [5.74, 6) is 0.530. The maximum Gasteiger partial charge on any atom is 0.163 e. The van der Waals surface area contributed by atoms with Gasteiger partial charge in [-0.25, -0.2) is 0 Å². The molecule has 0 saturated carbocycles. The van der Waals surface area contributed by atoms with Gasteiger partial charge in [-0.15, -0.1) is 0 Å². The summed E-state index contributed by atoms with van der Waals surface area (Å²) in [7, 11) is 0. The molecule has 100 valence electrons. The van der Waals surface area contributed by atoms with E-state index in [4.69, 9.17) is 0 Å². The van der Waals surface area contributed by atoms with Crippen molar-refractivity contribution in [2.45, 2.75) is 39.5 Å². The van der Waals surface area contributed by atoms with Crippen molar-refractivity contribution in [2.75, 3.05) is 0 Å². The van der Waals surface area contributed by atoms with Crippen molar-refractivity contribution in [1.82, 2.24) is 0 Å². The van der Waals surface area contributed by atoms with Gasteiger partial charge in [0.05, 0.1) is 0 Å². The molecular formula is C18H16O2. The Hall–Kier alpha value is -1.96. The Kier molecular flexibility index (Phi) is 2.24. The first-order chi connectivity index (χ1) is 9.58. The molecular weight excluding hydrogens is 248 g/mol. The minimum Gasteiger partial charge on any atom is -0.294 e. The van der Waals surface area contributed by atoms with Crippen molar-refractivity contribution < 1.29 is 9.59 Å². The van der Waals surface area contributed by atoms with E-state index in [0.717, 1.165) is 34.7 Å². The number of rotatable bonds is 0. The van der Waals surface area contributed by atoms with E-state index in [0.29, 0.717) is 12.8 Å². The van der Waals surface area contributed by atoms with Crippen molar-refractivity contribution in [3.8, 4) is 0 Å². The largest absolute Gasteiger partial charge is 0.294 e. The lowest BCUT2D eigenvalue weighted by atomic mass is 9.90. The molecule has 0 atom stereocenters. The quantitative estimate of drug-likeness (QED) is 0.726. The van der Waals surface area contributed by atoms with E-state index < -0.39 is 0 Å². The molecule has 4 rings (SSSR count). The van der Waals surface area contributed by atoms with Gasteiger partial charge in [0.1, 0.15) is 0 Å². The molecule has 0 bridgehead atoms. The van der Waals surface area contributed by atoms with Crippen LogP contribution in [0, 0.1) is 13.8 Å². The van der Waals surface area contributed by atoms with Gasteiger partial charge in [0.15, 0.2) is 11.6 Å². The summed E-state index contributed by atoms with van der Waals surface area (Å²) in [6, 6.07) is 4.12. The zero-order valence-electron chi connectivity index (χ0n) is 11.8. The first kappa shape index (κ1) is 11.8. The molecule has 0 radical (unpaired) electrons. The fourth-order valence-corrected chi connectivity index (χ4v) is 3.86. The highest BCUT2D eigenvalue weighted by Crippen LogP contribution is 2.37. The summed E-state index contributed by atoms with van der Waals surface area (Å²) in [5, 5.41) is 2.31. The minimum absolute atomic E-state index is 0.265. The number of hydrogen-bond donors (Lipinski definition) is 0. The third-order valence-corrected chi connectivity index (χ3v) is 5.04. The van der Waals surface area contributed by atoms with Gasteiger partial charge in [0.2, 0.25) is 0 Å². The SMILES string of the molecule is Cc1c2c(cc3c(C)c4c(cc13)C(=O)CC4)C(=O)CC2. The van der Waals surface area contributed by atoms with E-state index >= 15 is 0 Å². The maximum absolute atomic E-state index is 12.0. The average Bonchev–Trinajstić information content (AvgIpc) is 2.97. The molecule has 0 aromatic heterocycles. The number of carbonyl (C=O) groups is 2. The van der Waals surface area contributed by atoms with Crippen LogP contribution in [0.15, 0.2) is 12.1 Å². The Balaban J connectivity index is 2.16. The summed E-state index contributed by atoms with van der Waals surface area (Å²) < 4.78 is 0. The van der Waals surface area contributed by atoms with Gasteiger partial charge >= 0.3 is 0 Å². The number of carbonyl (C=O) groups excluding carboxylic acids is 2. The van der Waals surface area contributed by atoms with Gasteiger partial charge in [-0.05, 0) is 71.8 Å². The fourth-order valence-electron chi connectivity index (χ4n) is 3.86. The number of benzene rings is 2. The Bertz CT molecular complexity index is 743. The van der Waals surface area contributed by atoms with Crippen LogP contribution in [0.3, 0.4) is 0 Å². The van der Waals surface area contributed by atoms with Gasteiger partial charge in [-0.2, -0.15) is 0 Å². The molecule has 0 fully saturated rings. The van der Waals surface area contributed by atoms with Crippen LogP contribution in [0.4, 0.5) is 0 Å². The van der Waals surface area contributed by atoms with Gasteiger partial charge in [-0.3, -0.25) is 9.59 Å². The zero-order chi connectivity index (χ0) is 14.0. The van der Waals surface area contributed by atoms with Gasteiger partial charge in [0, 0.05) is 24.0 Å². The monoisotopic (exact) mass is 264 g/mol. The first-order valence-electron chi connectivity index (χ1n) is 7.23. The van der Waals surface area contributed by atoms with E-state index in [1.54, 1.807) is 0 Å². The molecule has 2 aromatic rings. The summed E-state index contributed by atoms with van der Waals surface area (Å²) in [5.41, 5.74) is 6.56. The molecule has 0 heterocycles. The number of hydrogen-bond acceptors (Lipinski definition) is 2. The van der Waals surface area contributed by atoms with Gasteiger partial charge in [-0.1, -0.05) is 0 Å². The number of Topliss-reactive ketones (excluding diaryl/α,β-unsaturated/α-hetero) is 2. The Morgan fingerprint density at radius 2 is 1.10 bits per heavy atom. The fraction of sp³-hybridized carbons (Fsp3) is 0.333. The van der Waals surface area contributed by atoms with E-state index in [1.165, 1.54) is 22.3 Å². The highest BCUT2D eigenvalue weighted by molar-refractivity contribution is 6.09. The summed E-state index contributed by atoms with van der Waals surface area (Å²) >= 11 is 0. The standard InChI is InChI=1S/C18H16O2/c1-9-11-3-5-17(19)15(11)8-14-10(2)12-4-6-18(20)16(12)7-13(9)14/h7-8H,3-6H2,1-2H3. The zero-order valence-corrected chi connectivity index (χ0v) is 11.8. The van der Waals surface area contributed by atoms with Crippen LogP contribution >= 0.6 is 0 Å². The van der Waals surface area contributed by atoms with Crippen LogP contribution in [-0.2, 0) is 12.8 Å². The molecule has 2 heteroatoms. The second-order valence-electron chi connectivity index (χ2n) is 6.00. The molecule has 2 aliphatic carbocycles. The van der Waals surface area contributed by atoms with Crippen LogP contribution < -0.4 is 0 Å². The summed E-state index contributed by atoms with van der Waals surface area (Å²) in [6.45, 7) is 4.18. The number of fused-ring (bicyclic) bond motifs is 3. The Morgan fingerprint density at radius 1 is 0.700 bits per heavy atom. The van der Waals surface area contributed by atoms with Crippen LogP contribution in [-0.4, -0.2) is 11.6 Å². The van der Waals surface area contributed by atoms with Crippen LogP contribution in [0.1, 0.15) is 55.8 Å². The first-order valence-corrected chi connectivity index (χ1v) is 7.23. The molecule has 2 aliphatic rings. The molecule has 2 aromatic carbocycles. The van der Waals surface area contributed by atoms with Crippen molar-refractivity contribution in [1.29, 1.82) is 0 Å². The molecule has 20 heavy (non-hydrogen) atoms. The highest BCUT2D eigenvalue weighted by atomic mass is 16.1. The van der Waals surface area contributed by atoms with Crippen LogP contribution in [0.5, 0.6) is 0 Å². The highest BCUT2D eigenvalue weighted by Gasteiger charge is 2.27. The molecule has 0 aliphatic heterocycles. The average molecular weight is 264 g/mol. The van der Waals surface area contributed by atoms with E-state index in [9.17, 15) is 9.59 Å². The molecule has 0 amide bonds. The topological polar surface area (TPSA) is 34.1 Å². The molecule has 0 N–H and O–H groups in total. The minimum atomic E-state index is 0.265. The van der Waals surface area contributed by atoms with Crippen molar-refractivity contribution in [3.05, 3.63) is 45.5 Å². The van der Waals surface area contributed by atoms with Gasteiger partial charge < -0.3 is 0 Å². The van der Waals surface area contributed by atoms with E-state index in [1.807, 2.05) is 0 Å². The summed E-state index contributed by atoms with van der Waals surface area (Å²) in [4.78, 5) is 24.0. The van der Waals surface area contributed by atoms with E-state index in [2.05, 4.69) is 26.0 Å². The lowest BCUT2D eigenvalue weighted by Crippen LogP contribution is -1.99. The third kappa shape index (κ3) is 1.34. The van der Waals surface area contributed by atoms with E-state index in [-0.39, 0.29) is 11.6 Å². The maximum atomic E-state index is 12.0. The van der Waals surface area contributed by atoms with Crippen molar-refractivity contribution >= 4 is 22.3 Å². The molecule has 0 unspecified atom stereocenters. The van der Waals surface area contributed by atoms with Crippen molar-refractivity contribution in [2.24, 2.45) is 0 Å². The second-order valence-corrected chi connectivity index (χ2v) is 6.00. The van der Waals surface area contributed by atoms with Crippen LogP contribution in [0.25, 0.3) is 10.8 Å². The second kappa shape index (κ2) is 3.78. The van der Waals surface area contributed by atoms with Crippen LogP contribution in [0.2, 0.25) is 0 Å². The van der Waals surface area contributed by atoms with Gasteiger partial charge in [0.25, 0.3) is 0 Å². The summed E-state index contributed by atoms with van der Waals surface area (Å²) in [6.07, 6.45) is 2.95. The lowest BCUT2D eigenvalue weighted by Gasteiger charge is -2.14. The molecule has 0 spiro atoms. The Labute approximate surface area is 117 Å². The lowest BCUT2D eigenvalue weighted by molar-refractivity contribution is 0.0986. The Morgan fingerprint density at radius 3 is 1.50 bits per heavy atom. The smallest absolute Gasteiger partial charge is 0.163 e. The predicted molar refractivity (Wildman–Crippen MR) is 78.7 cm³/mol. The molecule has 0 saturated heterocycles. The molecule has 2 nitrogen and oxygen atoms in total. The normalized spacial score (nSPS) is 16.9. The number of ketones is 2. The predicted octanol–water partition coefficient (Wildman–Crippen LogP) is 3.71. The van der Waals surface area contributed by atoms with Crippen molar-refractivity contribution in [3.63, 3.8) is 0 Å². The number of aryl methyl sites for hydroxylation is 2.